The maximum atomic E-state index is 13.5. The molecule has 2 heterocycles. The number of hydrogen-bond donors (Lipinski definition) is 4. The van der Waals surface area contributed by atoms with Gasteiger partial charge in [0.05, 0.1) is 23.0 Å². The maximum Gasteiger partial charge on any atom is 0.449 e. The van der Waals surface area contributed by atoms with E-state index >= 15 is 0 Å². The van der Waals surface area contributed by atoms with E-state index in [-0.39, 0.29) is 12.1 Å². The van der Waals surface area contributed by atoms with Crippen LogP contribution in [0.5, 0.6) is 0 Å². The van der Waals surface area contributed by atoms with Gasteiger partial charge in [0.1, 0.15) is 0 Å². The number of nitrogens with one attached hydrogen (secondary N) is 3. The lowest BCUT2D eigenvalue weighted by atomic mass is 10.0. The molecule has 2 atom stereocenters. The van der Waals surface area contributed by atoms with Crippen LogP contribution in [-0.2, 0) is 17.5 Å². The van der Waals surface area contributed by atoms with Crippen molar-refractivity contribution < 1.29 is 28.0 Å². The molecule has 1 aromatic heterocycles. The Kier molecular flexibility index (Phi) is 5.85. The second-order valence-corrected chi connectivity index (χ2v) is 7.53. The summed E-state index contributed by atoms with van der Waals surface area (Å²) < 4.78 is 41.5. The van der Waals surface area contributed by atoms with Gasteiger partial charge in [0.2, 0.25) is 11.7 Å². The fourth-order valence-electron chi connectivity index (χ4n) is 3.84. The molecule has 0 bridgehead atoms. The third kappa shape index (κ3) is 4.30. The predicted molar refractivity (Wildman–Crippen MR) is 108 cm³/mol. The minimum absolute atomic E-state index is 0.0669. The number of hydroxylamine groups is 1. The molecule has 1 aliphatic heterocycles. The first-order valence-corrected chi connectivity index (χ1v) is 9.85. The Balaban J connectivity index is 1.51. The number of amides is 2. The summed E-state index contributed by atoms with van der Waals surface area (Å²) in [4.78, 5) is 28.0. The number of nitrogens with zero attached hydrogens (tertiary/aromatic N) is 2. The molecular formula is C21H20F3N5O3. The van der Waals surface area contributed by atoms with E-state index in [1.807, 2.05) is 0 Å². The molecular weight excluding hydrogens is 427 g/mol. The van der Waals surface area contributed by atoms with Crippen LogP contribution in [0, 0.1) is 5.92 Å². The quantitative estimate of drug-likeness (QED) is 0.353. The van der Waals surface area contributed by atoms with Crippen molar-refractivity contribution in [1.29, 1.82) is 0 Å². The van der Waals surface area contributed by atoms with Gasteiger partial charge in [-0.2, -0.15) is 13.2 Å². The lowest BCUT2D eigenvalue weighted by Gasteiger charge is -2.18. The van der Waals surface area contributed by atoms with Crippen LogP contribution in [0.4, 0.5) is 13.2 Å². The van der Waals surface area contributed by atoms with Crippen molar-refractivity contribution in [2.75, 3.05) is 13.1 Å². The van der Waals surface area contributed by atoms with Crippen LogP contribution in [-0.4, -0.2) is 45.7 Å². The molecule has 168 valence electrons. The monoisotopic (exact) mass is 447 g/mol. The number of carbonyl (C=O) groups is 2. The van der Waals surface area contributed by atoms with Crippen molar-refractivity contribution in [3.8, 4) is 0 Å². The third-order valence-corrected chi connectivity index (χ3v) is 5.44. The fourth-order valence-corrected chi connectivity index (χ4v) is 3.84. The molecule has 0 radical (unpaired) electrons. The molecule has 0 unspecified atom stereocenters. The van der Waals surface area contributed by atoms with Crippen LogP contribution in [0.3, 0.4) is 0 Å². The van der Waals surface area contributed by atoms with Crippen molar-refractivity contribution in [3.05, 3.63) is 65.5 Å². The summed E-state index contributed by atoms with van der Waals surface area (Å²) in [6, 6.07) is 12.1. The molecule has 0 aliphatic carbocycles. The Hall–Kier alpha value is -3.44. The van der Waals surface area contributed by atoms with Crippen molar-refractivity contribution in [3.63, 3.8) is 0 Å². The number of aromatic nitrogens is 2. The van der Waals surface area contributed by atoms with E-state index in [9.17, 15) is 22.8 Å². The zero-order chi connectivity index (χ0) is 22.9. The van der Waals surface area contributed by atoms with E-state index < -0.39 is 35.8 Å². The number of fused-ring (bicyclic) bond motifs is 1. The minimum Gasteiger partial charge on any atom is -0.347 e. The van der Waals surface area contributed by atoms with Crippen LogP contribution in [0.15, 0.2) is 48.5 Å². The number of carbonyl (C=O) groups excluding carboxylic acids is 2. The summed E-state index contributed by atoms with van der Waals surface area (Å²) in [5.74, 6) is -2.62. The first-order valence-electron chi connectivity index (χ1n) is 9.85. The van der Waals surface area contributed by atoms with Crippen LogP contribution in [0.25, 0.3) is 11.0 Å². The molecule has 4 rings (SSSR count). The molecule has 4 N–H and O–H groups in total. The molecule has 2 aromatic carbocycles. The van der Waals surface area contributed by atoms with Gasteiger partial charge in [-0.15, -0.1) is 0 Å². The number of halogens is 3. The van der Waals surface area contributed by atoms with Gasteiger partial charge in [0.15, 0.2) is 0 Å². The van der Waals surface area contributed by atoms with E-state index in [1.54, 1.807) is 35.8 Å². The van der Waals surface area contributed by atoms with Crippen molar-refractivity contribution in [2.24, 2.45) is 5.92 Å². The highest BCUT2D eigenvalue weighted by atomic mass is 19.4. The second kappa shape index (κ2) is 8.60. The highest BCUT2D eigenvalue weighted by Crippen LogP contribution is 2.32. The zero-order valence-corrected chi connectivity index (χ0v) is 16.7. The number of rotatable bonds is 5. The van der Waals surface area contributed by atoms with Crippen LogP contribution >= 0.6 is 0 Å². The van der Waals surface area contributed by atoms with E-state index in [4.69, 9.17) is 5.21 Å². The Morgan fingerprint density at radius 3 is 2.53 bits per heavy atom. The van der Waals surface area contributed by atoms with Crippen LogP contribution < -0.4 is 16.1 Å². The SMILES string of the molecule is O=C(N[C@@H]1CNC[C@@H]1C(=O)NO)c1ccc(Cn2c(C(F)(F)F)nc3ccccc32)cc1. The van der Waals surface area contributed by atoms with E-state index in [1.165, 1.54) is 18.2 Å². The Bertz CT molecular complexity index is 1140. The summed E-state index contributed by atoms with van der Waals surface area (Å²) in [6.07, 6.45) is -4.61. The Morgan fingerprint density at radius 2 is 1.84 bits per heavy atom. The lowest BCUT2D eigenvalue weighted by molar-refractivity contribution is -0.146. The van der Waals surface area contributed by atoms with Gasteiger partial charge in [0.25, 0.3) is 5.91 Å². The average Bonchev–Trinajstić information content (AvgIpc) is 3.38. The van der Waals surface area contributed by atoms with E-state index in [0.717, 1.165) is 4.57 Å². The van der Waals surface area contributed by atoms with Crippen LogP contribution in [0.2, 0.25) is 0 Å². The lowest BCUT2D eigenvalue weighted by Crippen LogP contribution is -2.45. The molecule has 0 spiro atoms. The molecule has 32 heavy (non-hydrogen) atoms. The van der Waals surface area contributed by atoms with Crippen molar-refractivity contribution >= 4 is 22.8 Å². The standard InChI is InChI=1S/C21H20F3N5O3/c22-21(23,24)20-27-15-3-1-2-4-17(15)29(20)11-12-5-7-13(8-6-12)18(30)26-16-10-25-9-14(16)19(31)28-32/h1-8,14,16,25,32H,9-11H2,(H,26,30)(H,28,31)/t14-,16+/m0/s1. The highest BCUT2D eigenvalue weighted by molar-refractivity contribution is 5.95. The maximum absolute atomic E-state index is 13.5. The molecule has 3 aromatic rings. The molecule has 8 nitrogen and oxygen atoms in total. The van der Waals surface area contributed by atoms with E-state index in [2.05, 4.69) is 15.6 Å². The molecule has 11 heteroatoms. The Morgan fingerprint density at radius 1 is 1.12 bits per heavy atom. The van der Waals surface area contributed by atoms with Gasteiger partial charge in [0, 0.05) is 25.2 Å². The summed E-state index contributed by atoms with van der Waals surface area (Å²) in [6.45, 7) is 0.620. The number of hydrogen-bond acceptors (Lipinski definition) is 5. The highest BCUT2D eigenvalue weighted by Gasteiger charge is 2.37. The van der Waals surface area contributed by atoms with Gasteiger partial charge in [-0.3, -0.25) is 14.8 Å². The number of alkyl halides is 3. The summed E-state index contributed by atoms with van der Waals surface area (Å²) >= 11 is 0. The second-order valence-electron chi connectivity index (χ2n) is 7.53. The van der Waals surface area contributed by atoms with Gasteiger partial charge in [-0.1, -0.05) is 24.3 Å². The molecule has 0 saturated carbocycles. The average molecular weight is 447 g/mol. The number of para-hydroxylation sites is 2. The van der Waals surface area contributed by atoms with Gasteiger partial charge in [-0.05, 0) is 29.8 Å². The van der Waals surface area contributed by atoms with Crippen molar-refractivity contribution in [2.45, 2.75) is 18.8 Å². The van der Waals surface area contributed by atoms with E-state index in [0.29, 0.717) is 29.7 Å². The smallest absolute Gasteiger partial charge is 0.347 e. The van der Waals surface area contributed by atoms with Crippen molar-refractivity contribution in [1.82, 2.24) is 25.7 Å². The molecule has 1 saturated heterocycles. The Labute approximate surface area is 180 Å². The summed E-state index contributed by atoms with van der Waals surface area (Å²) in [7, 11) is 0. The molecule has 2 amide bonds. The molecule has 1 aliphatic rings. The molecule has 1 fully saturated rings. The number of imidazole rings is 1. The fraction of sp³-hybridized carbons (Fsp3) is 0.286. The topological polar surface area (TPSA) is 108 Å². The number of benzene rings is 2. The first kappa shape index (κ1) is 21.8. The predicted octanol–water partition coefficient (Wildman–Crippen LogP) is 1.93. The zero-order valence-electron chi connectivity index (χ0n) is 16.7. The third-order valence-electron chi connectivity index (χ3n) is 5.44. The van der Waals surface area contributed by atoms with Gasteiger partial charge in [-0.25, -0.2) is 10.5 Å². The largest absolute Gasteiger partial charge is 0.449 e. The van der Waals surface area contributed by atoms with Crippen LogP contribution in [0.1, 0.15) is 21.7 Å². The summed E-state index contributed by atoms with van der Waals surface area (Å²) in [5, 5.41) is 14.5. The minimum atomic E-state index is -4.61. The van der Waals surface area contributed by atoms with Gasteiger partial charge >= 0.3 is 6.18 Å². The normalized spacial score (nSPS) is 18.6. The van der Waals surface area contributed by atoms with Gasteiger partial charge < -0.3 is 15.2 Å². The first-order chi connectivity index (χ1) is 15.3. The summed E-state index contributed by atoms with van der Waals surface area (Å²) in [5.41, 5.74) is 3.07.